The Morgan fingerprint density at radius 1 is 0.591 bits per heavy atom. The second-order valence-corrected chi connectivity index (χ2v) is 7.05. The third kappa shape index (κ3) is 3.78. The summed E-state index contributed by atoms with van der Waals surface area (Å²) in [7, 11) is 0. The first kappa shape index (κ1) is 14.9. The Kier molecular flexibility index (Phi) is 4.61. The van der Waals surface area contributed by atoms with Crippen LogP contribution in [0.3, 0.4) is 0 Å². The molecule has 0 aliphatic carbocycles. The highest BCUT2D eigenvalue weighted by molar-refractivity contribution is 8.00. The first-order valence-corrected chi connectivity index (χ1v) is 8.50. The highest BCUT2D eigenvalue weighted by Crippen LogP contribution is 2.34. The van der Waals surface area contributed by atoms with Crippen LogP contribution in [0.15, 0.2) is 92.4 Å². The van der Waals surface area contributed by atoms with Crippen molar-refractivity contribution in [2.75, 3.05) is 11.5 Å². The minimum atomic E-state index is 0.789. The molecule has 0 spiro atoms. The molecule has 2 nitrogen and oxygen atoms in total. The molecule has 110 valence electrons. The van der Waals surface area contributed by atoms with Crippen molar-refractivity contribution < 1.29 is 0 Å². The summed E-state index contributed by atoms with van der Waals surface area (Å²) in [6.45, 7) is 0. The molecule has 0 amide bonds. The van der Waals surface area contributed by atoms with Crippen LogP contribution in [-0.4, -0.2) is 0 Å². The second kappa shape index (κ2) is 6.81. The van der Waals surface area contributed by atoms with Crippen molar-refractivity contribution in [1.82, 2.24) is 0 Å². The second-order valence-electron chi connectivity index (χ2n) is 4.79. The number of rotatable bonds is 4. The molecule has 4 N–H and O–H groups in total. The van der Waals surface area contributed by atoms with Crippen molar-refractivity contribution in [1.29, 1.82) is 0 Å². The van der Waals surface area contributed by atoms with E-state index >= 15 is 0 Å². The van der Waals surface area contributed by atoms with E-state index in [2.05, 4.69) is 30.3 Å². The average molecular weight is 324 g/mol. The number of benzene rings is 3. The molecule has 3 aromatic carbocycles. The van der Waals surface area contributed by atoms with Crippen LogP contribution in [-0.2, 0) is 0 Å². The van der Waals surface area contributed by atoms with E-state index in [4.69, 9.17) is 11.5 Å². The Balaban J connectivity index is 1.72. The topological polar surface area (TPSA) is 52.0 Å². The standard InChI is InChI=1S/C18H16N2S2/c19-13-4-3-5-16(12-13)21-14-8-10-15(11-9-14)22-18-7-2-1-6-17(18)20/h1-12H,19-20H2. The van der Waals surface area contributed by atoms with Crippen molar-refractivity contribution in [2.45, 2.75) is 19.6 Å². The van der Waals surface area contributed by atoms with Crippen molar-refractivity contribution in [3.63, 3.8) is 0 Å². The molecule has 0 radical (unpaired) electrons. The number of anilines is 2. The summed E-state index contributed by atoms with van der Waals surface area (Å²) in [5.41, 5.74) is 13.4. The Morgan fingerprint density at radius 2 is 1.27 bits per heavy atom. The lowest BCUT2D eigenvalue weighted by Gasteiger charge is -2.06. The first-order chi connectivity index (χ1) is 10.7. The van der Waals surface area contributed by atoms with Gasteiger partial charge in [0.2, 0.25) is 0 Å². The molecule has 4 heteroatoms. The van der Waals surface area contributed by atoms with Gasteiger partial charge in [-0.25, -0.2) is 0 Å². The molecular weight excluding hydrogens is 308 g/mol. The zero-order chi connectivity index (χ0) is 15.4. The largest absolute Gasteiger partial charge is 0.399 e. The van der Waals surface area contributed by atoms with Crippen molar-refractivity contribution in [3.8, 4) is 0 Å². The van der Waals surface area contributed by atoms with Gasteiger partial charge in [0.1, 0.15) is 0 Å². The van der Waals surface area contributed by atoms with Gasteiger partial charge in [-0.3, -0.25) is 0 Å². The summed E-state index contributed by atoms with van der Waals surface area (Å²) in [6.07, 6.45) is 0. The van der Waals surface area contributed by atoms with Crippen LogP contribution in [0, 0.1) is 0 Å². The van der Waals surface area contributed by atoms with Crippen molar-refractivity contribution in [2.24, 2.45) is 0 Å². The molecule has 0 heterocycles. The Labute approximate surface area is 138 Å². The van der Waals surface area contributed by atoms with Gasteiger partial charge in [0.15, 0.2) is 0 Å². The number of nitrogen functional groups attached to an aromatic ring is 2. The predicted molar refractivity (Wildman–Crippen MR) is 96.4 cm³/mol. The lowest BCUT2D eigenvalue weighted by Crippen LogP contribution is -1.86. The maximum Gasteiger partial charge on any atom is 0.0455 e. The Bertz CT molecular complexity index is 770. The predicted octanol–water partition coefficient (Wildman–Crippen LogP) is 5.15. The summed E-state index contributed by atoms with van der Waals surface area (Å²) in [6, 6.07) is 24.3. The highest BCUT2D eigenvalue weighted by atomic mass is 32.2. The summed E-state index contributed by atoms with van der Waals surface area (Å²) in [5, 5.41) is 0. The Hall–Kier alpha value is -2.04. The fraction of sp³-hybridized carbons (Fsp3) is 0. The molecule has 0 aromatic heterocycles. The van der Waals surface area contributed by atoms with Gasteiger partial charge in [0, 0.05) is 31.0 Å². The lowest BCUT2D eigenvalue weighted by atomic mass is 10.3. The molecule has 0 atom stereocenters. The maximum absolute atomic E-state index is 5.98. The van der Waals surface area contributed by atoms with Crippen LogP contribution in [0.1, 0.15) is 0 Å². The van der Waals surface area contributed by atoms with E-state index in [0.29, 0.717) is 0 Å². The van der Waals surface area contributed by atoms with E-state index in [1.807, 2.05) is 42.5 Å². The smallest absolute Gasteiger partial charge is 0.0455 e. The minimum Gasteiger partial charge on any atom is -0.399 e. The van der Waals surface area contributed by atoms with Gasteiger partial charge in [0.25, 0.3) is 0 Å². The third-order valence-corrected chi connectivity index (χ3v) is 5.16. The summed E-state index contributed by atoms with van der Waals surface area (Å²) in [4.78, 5) is 4.59. The fourth-order valence-corrected chi connectivity index (χ4v) is 3.73. The van der Waals surface area contributed by atoms with Gasteiger partial charge >= 0.3 is 0 Å². The van der Waals surface area contributed by atoms with Crippen LogP contribution in [0.4, 0.5) is 11.4 Å². The summed E-state index contributed by atoms with van der Waals surface area (Å²) >= 11 is 3.38. The van der Waals surface area contributed by atoms with Crippen LogP contribution in [0.25, 0.3) is 0 Å². The molecule has 0 saturated carbocycles. The fourth-order valence-electron chi connectivity index (χ4n) is 1.99. The molecule has 22 heavy (non-hydrogen) atoms. The number of para-hydroxylation sites is 1. The SMILES string of the molecule is Nc1cccc(Sc2ccc(Sc3ccccc3N)cc2)c1. The number of nitrogens with two attached hydrogens (primary N) is 2. The average Bonchev–Trinajstić information content (AvgIpc) is 2.52. The molecule has 0 bridgehead atoms. The van der Waals surface area contributed by atoms with E-state index in [1.54, 1.807) is 23.5 Å². The molecule has 0 aliphatic heterocycles. The Morgan fingerprint density at radius 3 is 1.95 bits per heavy atom. The molecule has 0 unspecified atom stereocenters. The van der Waals surface area contributed by atoms with Gasteiger partial charge in [-0.2, -0.15) is 0 Å². The zero-order valence-electron chi connectivity index (χ0n) is 11.9. The molecule has 0 aliphatic rings. The monoisotopic (exact) mass is 324 g/mol. The van der Waals surface area contributed by atoms with Gasteiger partial charge in [-0.05, 0) is 54.6 Å². The van der Waals surface area contributed by atoms with E-state index in [9.17, 15) is 0 Å². The minimum absolute atomic E-state index is 0.789. The van der Waals surface area contributed by atoms with Crippen molar-refractivity contribution in [3.05, 3.63) is 72.8 Å². The highest BCUT2D eigenvalue weighted by Gasteiger charge is 2.02. The van der Waals surface area contributed by atoms with Crippen molar-refractivity contribution >= 4 is 34.9 Å². The van der Waals surface area contributed by atoms with Crippen LogP contribution >= 0.6 is 23.5 Å². The number of hydrogen-bond donors (Lipinski definition) is 2. The zero-order valence-corrected chi connectivity index (χ0v) is 13.5. The van der Waals surface area contributed by atoms with E-state index in [1.165, 1.54) is 9.79 Å². The number of hydrogen-bond acceptors (Lipinski definition) is 4. The van der Waals surface area contributed by atoms with Gasteiger partial charge in [-0.1, -0.05) is 41.7 Å². The molecule has 3 aromatic rings. The van der Waals surface area contributed by atoms with Crippen LogP contribution < -0.4 is 11.5 Å². The van der Waals surface area contributed by atoms with Crippen LogP contribution in [0.5, 0.6) is 0 Å². The van der Waals surface area contributed by atoms with E-state index < -0.39 is 0 Å². The summed E-state index contributed by atoms with van der Waals surface area (Å²) in [5.74, 6) is 0. The normalized spacial score (nSPS) is 10.5. The third-order valence-electron chi connectivity index (χ3n) is 3.06. The van der Waals surface area contributed by atoms with E-state index in [-0.39, 0.29) is 0 Å². The quantitative estimate of drug-likeness (QED) is 0.651. The first-order valence-electron chi connectivity index (χ1n) is 6.86. The van der Waals surface area contributed by atoms with Crippen LogP contribution in [0.2, 0.25) is 0 Å². The molecule has 0 fully saturated rings. The van der Waals surface area contributed by atoms with Gasteiger partial charge < -0.3 is 11.5 Å². The molecule has 0 saturated heterocycles. The van der Waals surface area contributed by atoms with E-state index in [0.717, 1.165) is 21.2 Å². The van der Waals surface area contributed by atoms with Gasteiger partial charge in [-0.15, -0.1) is 0 Å². The molecule has 3 rings (SSSR count). The van der Waals surface area contributed by atoms with Gasteiger partial charge in [0.05, 0.1) is 0 Å². The molecular formula is C18H16N2S2. The summed E-state index contributed by atoms with van der Waals surface area (Å²) < 4.78 is 0. The lowest BCUT2D eigenvalue weighted by molar-refractivity contribution is 1.33. The maximum atomic E-state index is 5.98.